The fraction of sp³-hybridized carbons (Fsp3) is 0.391. The summed E-state index contributed by atoms with van der Waals surface area (Å²) in [5, 5.41) is 5.83. The summed E-state index contributed by atoms with van der Waals surface area (Å²) in [6.07, 6.45) is 2.91. The molecule has 2 atom stereocenters. The van der Waals surface area contributed by atoms with Crippen LogP contribution in [0.15, 0.2) is 36.4 Å². The monoisotopic (exact) mass is 412 g/mol. The summed E-state index contributed by atoms with van der Waals surface area (Å²) in [5.74, 6) is -0.978. The Hall–Kier alpha value is -2.47. The van der Waals surface area contributed by atoms with E-state index in [1.54, 1.807) is 0 Å². The lowest BCUT2D eigenvalue weighted by molar-refractivity contribution is -0.119. The molecule has 1 aliphatic rings. The van der Waals surface area contributed by atoms with Gasteiger partial charge in [-0.05, 0) is 62.3 Å². The molecule has 0 spiro atoms. The van der Waals surface area contributed by atoms with E-state index in [1.807, 2.05) is 51.1 Å². The van der Waals surface area contributed by atoms with Gasteiger partial charge in [-0.1, -0.05) is 42.0 Å². The summed E-state index contributed by atoms with van der Waals surface area (Å²) in [7, 11) is -1.56. The zero-order valence-electron chi connectivity index (χ0n) is 17.2. The molecular weight excluding hydrogens is 384 g/mol. The molecule has 2 N–H and O–H groups in total. The van der Waals surface area contributed by atoms with Crippen LogP contribution in [-0.4, -0.2) is 27.5 Å². The third kappa shape index (κ3) is 5.54. The van der Waals surface area contributed by atoms with E-state index in [-0.39, 0.29) is 29.4 Å². The van der Waals surface area contributed by atoms with Crippen molar-refractivity contribution < 1.29 is 13.8 Å². The first-order valence-corrected chi connectivity index (χ1v) is 11.4. The van der Waals surface area contributed by atoms with Gasteiger partial charge in [0.15, 0.2) is 0 Å². The Morgan fingerprint density at radius 1 is 1.03 bits per heavy atom. The standard InChI is InChI=1S/C23H28N2O3S/c1-15-11-16(2)23(17(3)12-15)25-22(27)14-29(28)13-21(26)24-20-10-6-8-18-7-4-5-9-19(18)20/h4-5,7,9,11-12,20H,6,8,10,13-14H2,1-3H3,(H,24,26)(H,25,27)/t20-,29-/m1/s1. The van der Waals surface area contributed by atoms with Gasteiger partial charge in [0.25, 0.3) is 0 Å². The van der Waals surface area contributed by atoms with Crippen molar-refractivity contribution >= 4 is 28.3 Å². The molecule has 0 radical (unpaired) electrons. The van der Waals surface area contributed by atoms with Crippen LogP contribution in [-0.2, 0) is 26.8 Å². The summed E-state index contributed by atoms with van der Waals surface area (Å²) in [6.45, 7) is 5.87. The maximum absolute atomic E-state index is 12.4. The number of amides is 2. The van der Waals surface area contributed by atoms with E-state index in [1.165, 1.54) is 5.56 Å². The third-order valence-electron chi connectivity index (χ3n) is 5.23. The number of hydrogen-bond donors (Lipinski definition) is 2. The highest BCUT2D eigenvalue weighted by Gasteiger charge is 2.22. The van der Waals surface area contributed by atoms with E-state index < -0.39 is 10.8 Å². The van der Waals surface area contributed by atoms with Crippen molar-refractivity contribution in [2.75, 3.05) is 16.8 Å². The van der Waals surface area contributed by atoms with Crippen LogP contribution in [0.5, 0.6) is 0 Å². The van der Waals surface area contributed by atoms with Gasteiger partial charge in [0.1, 0.15) is 11.5 Å². The average molecular weight is 413 g/mol. The SMILES string of the molecule is Cc1cc(C)c(NC(=O)C[S@](=O)CC(=O)N[C@@H]2CCCc3ccccc32)c(C)c1. The minimum Gasteiger partial charge on any atom is -0.348 e. The molecule has 6 heteroatoms. The molecule has 154 valence electrons. The maximum Gasteiger partial charge on any atom is 0.237 e. The second-order valence-electron chi connectivity index (χ2n) is 7.76. The Labute approximate surface area is 174 Å². The normalized spacial score (nSPS) is 16.6. The fourth-order valence-electron chi connectivity index (χ4n) is 4.04. The number of hydrogen-bond acceptors (Lipinski definition) is 3. The lowest BCUT2D eigenvalue weighted by Gasteiger charge is -2.26. The van der Waals surface area contributed by atoms with Crippen LogP contribution < -0.4 is 10.6 Å². The Morgan fingerprint density at radius 2 is 1.69 bits per heavy atom. The van der Waals surface area contributed by atoms with Crippen molar-refractivity contribution in [3.05, 3.63) is 64.2 Å². The van der Waals surface area contributed by atoms with Crippen molar-refractivity contribution in [3.8, 4) is 0 Å². The first kappa shape index (κ1) is 21.2. The number of benzene rings is 2. The first-order valence-electron chi connectivity index (χ1n) is 9.93. The zero-order chi connectivity index (χ0) is 21.0. The van der Waals surface area contributed by atoms with Crippen LogP contribution in [0.1, 0.15) is 46.7 Å². The van der Waals surface area contributed by atoms with Crippen LogP contribution in [0.3, 0.4) is 0 Å². The molecule has 2 aromatic rings. The summed E-state index contributed by atoms with van der Waals surface area (Å²) in [5.41, 5.74) is 6.21. The van der Waals surface area contributed by atoms with Gasteiger partial charge in [-0.25, -0.2) is 0 Å². The number of fused-ring (bicyclic) bond motifs is 1. The Kier molecular flexibility index (Phi) is 6.85. The summed E-state index contributed by atoms with van der Waals surface area (Å²) in [4.78, 5) is 24.7. The molecule has 0 bridgehead atoms. The minimum absolute atomic E-state index is 0.0452. The molecule has 1 aliphatic carbocycles. The summed E-state index contributed by atoms with van der Waals surface area (Å²) >= 11 is 0. The molecule has 0 unspecified atom stereocenters. The van der Waals surface area contributed by atoms with E-state index in [4.69, 9.17) is 0 Å². The predicted octanol–water partition coefficient (Wildman–Crippen LogP) is 3.49. The minimum atomic E-state index is -1.56. The molecule has 0 saturated carbocycles. The Bertz CT molecular complexity index is 932. The number of aryl methyl sites for hydroxylation is 4. The van der Waals surface area contributed by atoms with Crippen molar-refractivity contribution in [1.29, 1.82) is 0 Å². The lowest BCUT2D eigenvalue weighted by atomic mass is 9.88. The van der Waals surface area contributed by atoms with Gasteiger partial charge in [-0.15, -0.1) is 0 Å². The zero-order valence-corrected chi connectivity index (χ0v) is 18.0. The second kappa shape index (κ2) is 9.35. The fourth-order valence-corrected chi connectivity index (χ4v) is 4.88. The highest BCUT2D eigenvalue weighted by atomic mass is 32.2. The summed E-state index contributed by atoms with van der Waals surface area (Å²) in [6, 6.07) is 12.1. The molecule has 2 amide bonds. The largest absolute Gasteiger partial charge is 0.348 e. The third-order valence-corrected chi connectivity index (χ3v) is 6.40. The van der Waals surface area contributed by atoms with Crippen LogP contribution in [0.2, 0.25) is 0 Å². The van der Waals surface area contributed by atoms with E-state index >= 15 is 0 Å². The molecule has 29 heavy (non-hydrogen) atoms. The molecule has 0 heterocycles. The van der Waals surface area contributed by atoms with Crippen LogP contribution in [0.25, 0.3) is 0 Å². The molecular formula is C23H28N2O3S. The number of nitrogens with one attached hydrogen (secondary N) is 2. The summed E-state index contributed by atoms with van der Waals surface area (Å²) < 4.78 is 12.4. The second-order valence-corrected chi connectivity index (χ2v) is 9.22. The van der Waals surface area contributed by atoms with Gasteiger partial charge >= 0.3 is 0 Å². The molecule has 3 rings (SSSR count). The van der Waals surface area contributed by atoms with E-state index in [0.717, 1.165) is 47.2 Å². The Morgan fingerprint density at radius 3 is 2.41 bits per heavy atom. The molecule has 2 aromatic carbocycles. The average Bonchev–Trinajstić information content (AvgIpc) is 2.64. The predicted molar refractivity (Wildman–Crippen MR) is 117 cm³/mol. The molecule has 0 saturated heterocycles. The molecule has 0 aromatic heterocycles. The molecule has 0 fully saturated rings. The van der Waals surface area contributed by atoms with Crippen molar-refractivity contribution in [2.24, 2.45) is 0 Å². The van der Waals surface area contributed by atoms with Gasteiger partial charge in [0.05, 0.1) is 6.04 Å². The maximum atomic E-state index is 12.4. The number of rotatable bonds is 6. The topological polar surface area (TPSA) is 75.3 Å². The highest BCUT2D eigenvalue weighted by Crippen LogP contribution is 2.29. The first-order chi connectivity index (χ1) is 13.8. The van der Waals surface area contributed by atoms with E-state index in [9.17, 15) is 13.8 Å². The van der Waals surface area contributed by atoms with Gasteiger partial charge < -0.3 is 10.6 Å². The van der Waals surface area contributed by atoms with Crippen molar-refractivity contribution in [2.45, 2.75) is 46.1 Å². The van der Waals surface area contributed by atoms with Crippen LogP contribution in [0.4, 0.5) is 5.69 Å². The van der Waals surface area contributed by atoms with E-state index in [0.29, 0.717) is 0 Å². The number of anilines is 1. The van der Waals surface area contributed by atoms with Gasteiger partial charge in [0.2, 0.25) is 11.8 Å². The van der Waals surface area contributed by atoms with Crippen LogP contribution in [0, 0.1) is 20.8 Å². The number of carbonyl (C=O) groups is 2. The van der Waals surface area contributed by atoms with Crippen molar-refractivity contribution in [3.63, 3.8) is 0 Å². The van der Waals surface area contributed by atoms with Gasteiger partial charge in [-0.3, -0.25) is 13.8 Å². The molecule has 5 nitrogen and oxygen atoms in total. The van der Waals surface area contributed by atoms with Crippen molar-refractivity contribution in [1.82, 2.24) is 5.32 Å². The van der Waals surface area contributed by atoms with Gasteiger partial charge in [-0.2, -0.15) is 0 Å². The smallest absolute Gasteiger partial charge is 0.237 e. The molecule has 0 aliphatic heterocycles. The quantitative estimate of drug-likeness (QED) is 0.763. The Balaban J connectivity index is 1.53. The highest BCUT2D eigenvalue weighted by molar-refractivity contribution is 7.86. The number of carbonyl (C=O) groups excluding carboxylic acids is 2. The van der Waals surface area contributed by atoms with Gasteiger partial charge in [0, 0.05) is 16.5 Å². The van der Waals surface area contributed by atoms with Crippen LogP contribution >= 0.6 is 0 Å². The van der Waals surface area contributed by atoms with E-state index in [2.05, 4.69) is 16.7 Å². The lowest BCUT2D eigenvalue weighted by Crippen LogP contribution is -2.35.